The van der Waals surface area contributed by atoms with E-state index in [-0.39, 0.29) is 0 Å². The first-order valence-corrected chi connectivity index (χ1v) is 9.46. The summed E-state index contributed by atoms with van der Waals surface area (Å²) in [5, 5.41) is 0. The molecular formula is C25H26N+. The lowest BCUT2D eigenvalue weighted by Crippen LogP contribution is -3.10. The zero-order valence-electron chi connectivity index (χ0n) is 15.5. The third-order valence-corrected chi connectivity index (χ3v) is 5.74. The van der Waals surface area contributed by atoms with Crippen molar-refractivity contribution in [1.29, 1.82) is 0 Å². The number of likely N-dealkylation sites (N-methyl/N-ethyl adjacent to an activating group) is 1. The molecule has 0 saturated heterocycles. The van der Waals surface area contributed by atoms with Crippen LogP contribution in [-0.2, 0) is 0 Å². The van der Waals surface area contributed by atoms with E-state index < -0.39 is 0 Å². The van der Waals surface area contributed by atoms with Crippen molar-refractivity contribution < 1.29 is 4.90 Å². The molecule has 3 aromatic rings. The molecule has 0 aliphatic carbocycles. The highest BCUT2D eigenvalue weighted by molar-refractivity contribution is 5.69. The summed E-state index contributed by atoms with van der Waals surface area (Å²) in [6.07, 6.45) is 2.49. The quantitative estimate of drug-likeness (QED) is 0.704. The van der Waals surface area contributed by atoms with E-state index in [1.54, 1.807) is 0 Å². The molecule has 1 unspecified atom stereocenters. The van der Waals surface area contributed by atoms with Crippen LogP contribution in [0.3, 0.4) is 0 Å². The minimum atomic E-state index is 0.354. The van der Waals surface area contributed by atoms with Crippen molar-refractivity contribution in [2.45, 2.75) is 19.0 Å². The lowest BCUT2D eigenvalue weighted by Gasteiger charge is -2.40. The van der Waals surface area contributed by atoms with Crippen molar-refractivity contribution in [3.05, 3.63) is 114 Å². The summed E-state index contributed by atoms with van der Waals surface area (Å²) in [4.78, 5) is 1.54. The Morgan fingerprint density at radius 2 is 1.15 bits per heavy atom. The highest BCUT2D eigenvalue weighted by atomic mass is 15.2. The Morgan fingerprint density at radius 3 is 1.73 bits per heavy atom. The number of benzene rings is 3. The SMILES string of the molecule is C[C@@H]1C(c2ccccc2)=C[C@@H](c2ccccc2)[NH+](C)[C@@H]1c1ccccc1. The van der Waals surface area contributed by atoms with Crippen LogP contribution in [0.4, 0.5) is 0 Å². The van der Waals surface area contributed by atoms with E-state index in [1.807, 2.05) is 0 Å². The normalized spacial score (nSPS) is 25.5. The molecule has 0 amide bonds. The van der Waals surface area contributed by atoms with Crippen LogP contribution in [0.5, 0.6) is 0 Å². The number of nitrogens with one attached hydrogen (secondary N) is 1. The van der Waals surface area contributed by atoms with Gasteiger partial charge in [0.2, 0.25) is 0 Å². The lowest BCUT2D eigenvalue weighted by atomic mass is 9.78. The van der Waals surface area contributed by atoms with Gasteiger partial charge in [-0.2, -0.15) is 0 Å². The van der Waals surface area contributed by atoms with Gasteiger partial charge in [0.15, 0.2) is 0 Å². The van der Waals surface area contributed by atoms with Crippen molar-refractivity contribution >= 4 is 5.57 Å². The summed E-state index contributed by atoms with van der Waals surface area (Å²) in [5.41, 5.74) is 5.60. The fourth-order valence-corrected chi connectivity index (χ4v) is 4.45. The van der Waals surface area contributed by atoms with Gasteiger partial charge in [0.05, 0.1) is 7.05 Å². The van der Waals surface area contributed by atoms with Gasteiger partial charge in [-0.1, -0.05) is 97.9 Å². The molecule has 26 heavy (non-hydrogen) atoms. The molecule has 3 aromatic carbocycles. The van der Waals surface area contributed by atoms with Gasteiger partial charge in [0.1, 0.15) is 12.1 Å². The Morgan fingerprint density at radius 1 is 0.654 bits per heavy atom. The zero-order chi connectivity index (χ0) is 17.9. The second-order valence-corrected chi connectivity index (χ2v) is 7.30. The maximum atomic E-state index is 2.49. The maximum absolute atomic E-state index is 2.49. The smallest absolute Gasteiger partial charge is 0.133 e. The number of rotatable bonds is 3. The molecule has 1 heterocycles. The summed E-state index contributed by atoms with van der Waals surface area (Å²) < 4.78 is 0. The van der Waals surface area contributed by atoms with Crippen molar-refractivity contribution in [3.63, 3.8) is 0 Å². The molecule has 0 aromatic heterocycles. The van der Waals surface area contributed by atoms with Gasteiger partial charge >= 0.3 is 0 Å². The standard InChI is InChI=1S/C25H25N/c1-19-23(20-12-6-3-7-13-20)18-24(21-14-8-4-9-15-21)26(2)25(19)22-16-10-5-11-17-22/h3-19,24-25H,1-2H3/p+1/t19-,24+,25+/m1/s1. The Kier molecular flexibility index (Phi) is 4.73. The minimum absolute atomic E-state index is 0.354. The molecule has 0 saturated carbocycles. The Labute approximate surface area is 156 Å². The van der Waals surface area contributed by atoms with Crippen molar-refractivity contribution in [1.82, 2.24) is 0 Å². The molecule has 0 spiro atoms. The summed E-state index contributed by atoms with van der Waals surface area (Å²) in [7, 11) is 2.34. The molecule has 1 aliphatic rings. The third kappa shape index (κ3) is 3.11. The Bertz CT molecular complexity index is 868. The Hall–Kier alpha value is -2.64. The average Bonchev–Trinajstić information content (AvgIpc) is 2.70. The largest absolute Gasteiger partial charge is 0.321 e. The van der Waals surface area contributed by atoms with E-state index in [2.05, 4.69) is 111 Å². The first-order chi connectivity index (χ1) is 12.8. The fraction of sp³-hybridized carbons (Fsp3) is 0.200. The monoisotopic (exact) mass is 340 g/mol. The minimum Gasteiger partial charge on any atom is -0.321 e. The van der Waals surface area contributed by atoms with Crippen molar-refractivity contribution in [2.75, 3.05) is 7.05 Å². The van der Waals surface area contributed by atoms with Crippen LogP contribution in [-0.4, -0.2) is 7.05 Å². The molecule has 4 rings (SSSR count). The van der Waals surface area contributed by atoms with Crippen molar-refractivity contribution in [3.8, 4) is 0 Å². The van der Waals surface area contributed by atoms with Gasteiger partial charge in [0.25, 0.3) is 0 Å². The Balaban J connectivity index is 1.84. The summed E-state index contributed by atoms with van der Waals surface area (Å²) in [6, 6.07) is 33.5. The van der Waals surface area contributed by atoms with Crippen LogP contribution in [0.1, 0.15) is 35.7 Å². The predicted molar refractivity (Wildman–Crippen MR) is 109 cm³/mol. The summed E-state index contributed by atoms with van der Waals surface area (Å²) in [6.45, 7) is 2.38. The van der Waals surface area contributed by atoms with Crippen LogP contribution in [0, 0.1) is 5.92 Å². The van der Waals surface area contributed by atoms with Gasteiger partial charge < -0.3 is 4.90 Å². The van der Waals surface area contributed by atoms with E-state index >= 15 is 0 Å². The van der Waals surface area contributed by atoms with Crippen LogP contribution in [0.15, 0.2) is 97.1 Å². The molecule has 1 heteroatoms. The number of hydrogen-bond acceptors (Lipinski definition) is 0. The van der Waals surface area contributed by atoms with Crippen LogP contribution >= 0.6 is 0 Å². The van der Waals surface area contributed by atoms with E-state index in [9.17, 15) is 0 Å². The van der Waals surface area contributed by atoms with Gasteiger partial charge in [-0.05, 0) is 17.2 Å². The number of hydrogen-bond donors (Lipinski definition) is 1. The molecular weight excluding hydrogens is 314 g/mol. The van der Waals surface area contributed by atoms with E-state index in [0.29, 0.717) is 18.0 Å². The molecule has 0 fully saturated rings. The first kappa shape index (κ1) is 16.8. The van der Waals surface area contributed by atoms with E-state index in [4.69, 9.17) is 0 Å². The molecule has 1 aliphatic heterocycles. The predicted octanol–water partition coefficient (Wildman–Crippen LogP) is 4.72. The van der Waals surface area contributed by atoms with Crippen LogP contribution in [0.2, 0.25) is 0 Å². The number of quaternary nitrogens is 1. The van der Waals surface area contributed by atoms with Crippen LogP contribution < -0.4 is 4.90 Å². The topological polar surface area (TPSA) is 4.44 Å². The summed E-state index contributed by atoms with van der Waals surface area (Å²) in [5.74, 6) is 0.458. The lowest BCUT2D eigenvalue weighted by molar-refractivity contribution is -0.941. The molecule has 130 valence electrons. The van der Waals surface area contributed by atoms with Gasteiger partial charge in [-0.25, -0.2) is 0 Å². The first-order valence-electron chi connectivity index (χ1n) is 9.46. The van der Waals surface area contributed by atoms with Gasteiger partial charge in [-0.15, -0.1) is 0 Å². The molecule has 1 nitrogen and oxygen atoms in total. The molecule has 0 radical (unpaired) electrons. The molecule has 0 bridgehead atoms. The van der Waals surface area contributed by atoms with E-state index in [1.165, 1.54) is 27.2 Å². The third-order valence-electron chi connectivity index (χ3n) is 5.74. The second kappa shape index (κ2) is 7.31. The van der Waals surface area contributed by atoms with Crippen LogP contribution in [0.25, 0.3) is 5.57 Å². The van der Waals surface area contributed by atoms with E-state index in [0.717, 1.165) is 0 Å². The molecule has 1 N–H and O–H groups in total. The second-order valence-electron chi connectivity index (χ2n) is 7.30. The fourth-order valence-electron chi connectivity index (χ4n) is 4.45. The van der Waals surface area contributed by atoms with Gasteiger partial charge in [-0.3, -0.25) is 0 Å². The summed E-state index contributed by atoms with van der Waals surface area (Å²) >= 11 is 0. The van der Waals surface area contributed by atoms with Crippen molar-refractivity contribution in [2.24, 2.45) is 5.92 Å². The highest BCUT2D eigenvalue weighted by Gasteiger charge is 2.39. The van der Waals surface area contributed by atoms with Gasteiger partial charge in [0, 0.05) is 17.0 Å². The highest BCUT2D eigenvalue weighted by Crippen LogP contribution is 2.37. The molecule has 4 atom stereocenters. The average molecular weight is 340 g/mol. The maximum Gasteiger partial charge on any atom is 0.133 e. The zero-order valence-corrected chi connectivity index (χ0v) is 15.5.